The van der Waals surface area contributed by atoms with Gasteiger partial charge in [0.05, 0.1) is 23.0 Å². The summed E-state index contributed by atoms with van der Waals surface area (Å²) in [4.78, 5) is 11.9. The van der Waals surface area contributed by atoms with E-state index in [0.29, 0.717) is 11.8 Å². The van der Waals surface area contributed by atoms with E-state index in [-0.39, 0.29) is 6.61 Å². The van der Waals surface area contributed by atoms with E-state index in [0.717, 1.165) is 21.8 Å². The second-order valence-corrected chi connectivity index (χ2v) is 12.1. The van der Waals surface area contributed by atoms with Crippen LogP contribution in [0.2, 0.25) is 0 Å². The first kappa shape index (κ1) is 32.3. The van der Waals surface area contributed by atoms with Crippen molar-refractivity contribution < 1.29 is 50.4 Å². The van der Waals surface area contributed by atoms with Crippen LogP contribution in [0.25, 0.3) is 0 Å². The largest absolute Gasteiger partial charge is 0.461 e. The van der Waals surface area contributed by atoms with Crippen LogP contribution in [0.5, 0.6) is 5.75 Å². The highest BCUT2D eigenvalue weighted by Crippen LogP contribution is 2.31. The Morgan fingerprint density at radius 1 is 1.20 bits per heavy atom. The summed E-state index contributed by atoms with van der Waals surface area (Å²) < 4.78 is 91.2. The van der Waals surface area contributed by atoms with Gasteiger partial charge in [-0.2, -0.15) is 13.2 Å². The molecule has 3 rings (SSSR count). The SMILES string of the molecule is C=CCOC1C(O)C(CNS(=O)(=O)c2cccc(C(F)(F)F)c2)OC(Oc2ccc(I)cc2)C1OC(=O)C(C)C. The molecule has 2 aromatic rings. The van der Waals surface area contributed by atoms with Gasteiger partial charge in [0.25, 0.3) is 0 Å². The molecule has 2 N–H and O–H groups in total. The lowest BCUT2D eigenvalue weighted by Gasteiger charge is -2.43. The van der Waals surface area contributed by atoms with Crippen LogP contribution in [0.1, 0.15) is 19.4 Å². The molecule has 40 heavy (non-hydrogen) atoms. The highest BCUT2D eigenvalue weighted by molar-refractivity contribution is 14.1. The average molecular weight is 699 g/mol. The Morgan fingerprint density at radius 2 is 1.88 bits per heavy atom. The van der Waals surface area contributed by atoms with Crippen LogP contribution in [0.15, 0.2) is 66.1 Å². The maximum atomic E-state index is 13.1. The van der Waals surface area contributed by atoms with Crippen LogP contribution in [-0.2, 0) is 35.2 Å². The number of alkyl halides is 3. The molecule has 0 aliphatic carbocycles. The molecule has 0 amide bonds. The minimum Gasteiger partial charge on any atom is -0.461 e. The lowest BCUT2D eigenvalue weighted by Crippen LogP contribution is -2.63. The van der Waals surface area contributed by atoms with E-state index in [1.165, 1.54) is 6.08 Å². The molecule has 1 heterocycles. The summed E-state index contributed by atoms with van der Waals surface area (Å²) >= 11 is 2.10. The zero-order chi connectivity index (χ0) is 29.7. The van der Waals surface area contributed by atoms with Crippen LogP contribution in [0.3, 0.4) is 0 Å². The second kappa shape index (κ2) is 13.6. The maximum absolute atomic E-state index is 13.1. The fourth-order valence-corrected chi connectivity index (χ4v) is 5.13. The summed E-state index contributed by atoms with van der Waals surface area (Å²) in [6.07, 6.45) is -10.0. The van der Waals surface area contributed by atoms with Crippen molar-refractivity contribution in [3.63, 3.8) is 0 Å². The number of carbonyl (C=O) groups excluding carboxylic acids is 1. The van der Waals surface area contributed by atoms with E-state index in [9.17, 15) is 31.5 Å². The van der Waals surface area contributed by atoms with Crippen molar-refractivity contribution in [2.45, 2.75) is 55.6 Å². The van der Waals surface area contributed by atoms with Crippen LogP contribution >= 0.6 is 22.6 Å². The highest BCUT2D eigenvalue weighted by Gasteiger charge is 2.50. The molecule has 0 bridgehead atoms. The normalized spacial score (nSPS) is 23.6. The Balaban J connectivity index is 1.89. The first-order valence-corrected chi connectivity index (χ1v) is 14.6. The first-order valence-electron chi connectivity index (χ1n) is 12.1. The third kappa shape index (κ3) is 8.39. The third-order valence-corrected chi connectivity index (χ3v) is 7.90. The molecule has 220 valence electrons. The molecule has 0 saturated carbocycles. The maximum Gasteiger partial charge on any atom is 0.416 e. The highest BCUT2D eigenvalue weighted by atomic mass is 127. The summed E-state index contributed by atoms with van der Waals surface area (Å²) in [5, 5.41) is 11.1. The number of carbonyl (C=O) groups is 1. The molecule has 0 radical (unpaired) electrons. The van der Waals surface area contributed by atoms with Gasteiger partial charge in [0, 0.05) is 10.1 Å². The lowest BCUT2D eigenvalue weighted by atomic mass is 9.98. The number of sulfonamides is 1. The van der Waals surface area contributed by atoms with Gasteiger partial charge < -0.3 is 24.1 Å². The standard InChI is InChI=1S/C26H29F3INO8S/c1-4-12-36-22-21(32)20(14-31-40(34,35)19-7-5-6-16(13-19)26(27,28)29)38-25(23(22)39-24(33)15(2)3)37-18-10-8-17(30)9-11-18/h4-11,13,15,20-23,25,31-32H,1,12,14H2,2-3H3. The van der Waals surface area contributed by atoms with Crippen molar-refractivity contribution in [3.05, 3.63) is 70.3 Å². The molecule has 1 aliphatic heterocycles. The fourth-order valence-electron chi connectivity index (χ4n) is 3.68. The summed E-state index contributed by atoms with van der Waals surface area (Å²) in [5.41, 5.74) is -1.14. The number of aliphatic hydroxyl groups is 1. The Hall–Kier alpha value is -2.24. The van der Waals surface area contributed by atoms with Gasteiger partial charge in [0.15, 0.2) is 6.10 Å². The molecule has 0 spiro atoms. The van der Waals surface area contributed by atoms with Crippen molar-refractivity contribution >= 4 is 38.6 Å². The monoisotopic (exact) mass is 699 g/mol. The van der Waals surface area contributed by atoms with E-state index in [1.807, 2.05) is 0 Å². The minimum atomic E-state index is -4.74. The van der Waals surface area contributed by atoms with Gasteiger partial charge in [-0.3, -0.25) is 4.79 Å². The molecule has 1 aliphatic rings. The van der Waals surface area contributed by atoms with Gasteiger partial charge in [-0.05, 0) is 65.1 Å². The van der Waals surface area contributed by atoms with Crippen molar-refractivity contribution in [2.24, 2.45) is 5.92 Å². The predicted octanol–water partition coefficient (Wildman–Crippen LogP) is 3.89. The Bertz CT molecular complexity index is 1270. The topological polar surface area (TPSA) is 120 Å². The minimum absolute atomic E-state index is 0.0591. The fraction of sp³-hybridized carbons (Fsp3) is 0.423. The number of benzene rings is 2. The molecule has 9 nitrogen and oxygen atoms in total. The van der Waals surface area contributed by atoms with E-state index in [2.05, 4.69) is 33.9 Å². The molecular formula is C26H29F3INO8S. The van der Waals surface area contributed by atoms with Gasteiger partial charge in [-0.1, -0.05) is 26.0 Å². The number of ether oxygens (including phenoxy) is 4. The van der Waals surface area contributed by atoms with Gasteiger partial charge >= 0.3 is 12.1 Å². The zero-order valence-corrected chi connectivity index (χ0v) is 24.5. The molecule has 2 aromatic carbocycles. The zero-order valence-electron chi connectivity index (χ0n) is 21.5. The molecular weight excluding hydrogens is 670 g/mol. The second-order valence-electron chi connectivity index (χ2n) is 9.13. The van der Waals surface area contributed by atoms with Crippen LogP contribution < -0.4 is 9.46 Å². The smallest absolute Gasteiger partial charge is 0.416 e. The van der Waals surface area contributed by atoms with Crippen LogP contribution in [0.4, 0.5) is 13.2 Å². The number of nitrogens with one attached hydrogen (secondary N) is 1. The predicted molar refractivity (Wildman–Crippen MR) is 146 cm³/mol. The molecule has 5 atom stereocenters. The number of esters is 1. The van der Waals surface area contributed by atoms with Gasteiger partial charge in [0.1, 0.15) is 24.1 Å². The molecule has 1 saturated heterocycles. The number of hydrogen-bond donors (Lipinski definition) is 2. The Morgan fingerprint density at radius 3 is 2.48 bits per heavy atom. The summed E-state index contributed by atoms with van der Waals surface area (Å²) in [6.45, 7) is 6.18. The summed E-state index contributed by atoms with van der Waals surface area (Å²) in [5.74, 6) is -0.820. The van der Waals surface area contributed by atoms with Crippen LogP contribution in [0, 0.1) is 9.49 Å². The molecule has 14 heteroatoms. The number of aliphatic hydroxyl groups excluding tert-OH is 1. The van der Waals surface area contributed by atoms with E-state index >= 15 is 0 Å². The molecule has 1 fully saturated rings. The number of rotatable bonds is 11. The molecule has 0 aromatic heterocycles. The quantitative estimate of drug-likeness (QED) is 0.206. The van der Waals surface area contributed by atoms with Crippen molar-refractivity contribution in [2.75, 3.05) is 13.2 Å². The van der Waals surface area contributed by atoms with Gasteiger partial charge in [-0.15, -0.1) is 6.58 Å². The van der Waals surface area contributed by atoms with Crippen LogP contribution in [-0.4, -0.2) is 63.4 Å². The van der Waals surface area contributed by atoms with E-state index in [4.69, 9.17) is 18.9 Å². The van der Waals surface area contributed by atoms with Gasteiger partial charge in [0.2, 0.25) is 16.3 Å². The van der Waals surface area contributed by atoms with Crippen molar-refractivity contribution in [1.82, 2.24) is 4.72 Å². The molecule has 5 unspecified atom stereocenters. The van der Waals surface area contributed by atoms with Crippen molar-refractivity contribution in [1.29, 1.82) is 0 Å². The summed E-state index contributed by atoms with van der Waals surface area (Å²) in [6, 6.07) is 10.0. The van der Waals surface area contributed by atoms with Crippen molar-refractivity contribution in [3.8, 4) is 5.75 Å². The van der Waals surface area contributed by atoms with Gasteiger partial charge in [-0.25, -0.2) is 13.1 Å². The number of halogens is 4. The third-order valence-electron chi connectivity index (χ3n) is 5.76. The summed E-state index contributed by atoms with van der Waals surface area (Å²) in [7, 11) is -4.45. The Labute approximate surface area is 243 Å². The lowest BCUT2D eigenvalue weighted by molar-refractivity contribution is -0.283. The van der Waals surface area contributed by atoms with E-state index < -0.39 is 75.8 Å². The number of hydrogen-bond acceptors (Lipinski definition) is 8. The Kier molecular flexibility index (Phi) is 11.0. The van der Waals surface area contributed by atoms with E-state index in [1.54, 1.807) is 38.1 Å². The first-order chi connectivity index (χ1) is 18.7. The average Bonchev–Trinajstić information content (AvgIpc) is 2.89.